The molecule has 0 saturated heterocycles. The Morgan fingerprint density at radius 1 is 0.889 bits per heavy atom. The molecule has 0 radical (unpaired) electrons. The van der Waals surface area contributed by atoms with E-state index in [1.54, 1.807) is 0 Å². The molecule has 0 amide bonds. The Kier molecular flexibility index (Phi) is 1.78. The minimum absolute atomic E-state index is 0.898. The molecule has 0 aliphatic heterocycles. The highest BCUT2D eigenvalue weighted by atomic mass is 16.3. The van der Waals surface area contributed by atoms with E-state index < -0.39 is 0 Å². The maximum atomic E-state index is 5.93. The Morgan fingerprint density at radius 2 is 1.61 bits per heavy atom. The summed E-state index contributed by atoms with van der Waals surface area (Å²) in [5, 5.41) is 2.24. The molecule has 86 valence electrons. The van der Waals surface area contributed by atoms with E-state index in [2.05, 4.69) is 19.1 Å². The Morgan fingerprint density at radius 3 is 2.50 bits per heavy atom. The number of para-hydroxylation sites is 2. The highest BCUT2D eigenvalue weighted by Crippen LogP contribution is 2.32. The summed E-state index contributed by atoms with van der Waals surface area (Å²) in [5.74, 6) is 0. The molecule has 0 spiro atoms. The van der Waals surface area contributed by atoms with Crippen LogP contribution in [0.25, 0.3) is 33.0 Å². The molecule has 0 bridgehead atoms. The van der Waals surface area contributed by atoms with Crippen molar-refractivity contribution >= 4 is 33.0 Å². The number of aromatic nitrogens is 1. The van der Waals surface area contributed by atoms with E-state index in [0.717, 1.165) is 38.5 Å². The summed E-state index contributed by atoms with van der Waals surface area (Å²) >= 11 is 0. The monoisotopic (exact) mass is 233 g/mol. The van der Waals surface area contributed by atoms with Crippen molar-refractivity contribution in [3.05, 3.63) is 54.1 Å². The zero-order chi connectivity index (χ0) is 12.1. The molecular weight excluding hydrogens is 222 g/mol. The number of hydrogen-bond donors (Lipinski definition) is 0. The van der Waals surface area contributed by atoms with Crippen LogP contribution in [0.4, 0.5) is 0 Å². The first-order chi connectivity index (χ1) is 8.84. The highest BCUT2D eigenvalue weighted by Gasteiger charge is 2.12. The van der Waals surface area contributed by atoms with Gasteiger partial charge in [-0.1, -0.05) is 30.3 Å². The summed E-state index contributed by atoms with van der Waals surface area (Å²) in [6.07, 6.45) is 0. The summed E-state index contributed by atoms with van der Waals surface area (Å²) in [7, 11) is 0. The lowest BCUT2D eigenvalue weighted by Crippen LogP contribution is -1.84. The number of rotatable bonds is 0. The standard InChI is InChI=1S/C16H11NO/c1-10-11-6-2-4-8-13(11)17-15-12-7-3-5-9-14(12)18-16(10)15/h2-9H,1H3. The van der Waals surface area contributed by atoms with Gasteiger partial charge in [0.25, 0.3) is 0 Å². The third kappa shape index (κ3) is 1.15. The van der Waals surface area contributed by atoms with Crippen molar-refractivity contribution in [3.8, 4) is 0 Å². The number of aryl methyl sites for hydroxylation is 1. The predicted octanol–water partition coefficient (Wildman–Crippen LogP) is 4.44. The van der Waals surface area contributed by atoms with Crippen LogP contribution in [0.5, 0.6) is 0 Å². The zero-order valence-electron chi connectivity index (χ0n) is 9.97. The van der Waals surface area contributed by atoms with Crippen LogP contribution in [0.15, 0.2) is 52.9 Å². The van der Waals surface area contributed by atoms with Crippen LogP contribution in [0.3, 0.4) is 0 Å². The van der Waals surface area contributed by atoms with Gasteiger partial charge in [-0.2, -0.15) is 0 Å². The van der Waals surface area contributed by atoms with Crippen molar-refractivity contribution in [1.29, 1.82) is 0 Å². The summed E-state index contributed by atoms with van der Waals surface area (Å²) in [4.78, 5) is 4.73. The number of pyridine rings is 1. The third-order valence-electron chi connectivity index (χ3n) is 3.45. The van der Waals surface area contributed by atoms with Crippen LogP contribution in [0, 0.1) is 6.92 Å². The molecule has 18 heavy (non-hydrogen) atoms. The average Bonchev–Trinajstić information content (AvgIpc) is 2.79. The summed E-state index contributed by atoms with van der Waals surface area (Å²) in [6.45, 7) is 2.09. The van der Waals surface area contributed by atoms with Gasteiger partial charge >= 0.3 is 0 Å². The molecule has 0 unspecified atom stereocenters. The van der Waals surface area contributed by atoms with Crippen molar-refractivity contribution in [2.24, 2.45) is 0 Å². The third-order valence-corrected chi connectivity index (χ3v) is 3.45. The molecule has 4 aromatic rings. The summed E-state index contributed by atoms with van der Waals surface area (Å²) in [6, 6.07) is 16.2. The largest absolute Gasteiger partial charge is 0.454 e. The Labute approximate surface area is 104 Å². The number of fused-ring (bicyclic) bond motifs is 4. The molecule has 0 aliphatic carbocycles. The van der Waals surface area contributed by atoms with Gasteiger partial charge in [-0.25, -0.2) is 4.98 Å². The van der Waals surface area contributed by atoms with Gasteiger partial charge in [0.05, 0.1) is 5.52 Å². The van der Waals surface area contributed by atoms with E-state index in [4.69, 9.17) is 9.40 Å². The molecular formula is C16H11NO. The first kappa shape index (κ1) is 9.66. The van der Waals surface area contributed by atoms with Crippen molar-refractivity contribution in [3.63, 3.8) is 0 Å². The van der Waals surface area contributed by atoms with Gasteiger partial charge in [-0.15, -0.1) is 0 Å². The van der Waals surface area contributed by atoms with Crippen LogP contribution in [-0.2, 0) is 0 Å². The van der Waals surface area contributed by atoms with Crippen molar-refractivity contribution in [1.82, 2.24) is 4.98 Å². The zero-order valence-corrected chi connectivity index (χ0v) is 9.97. The fourth-order valence-electron chi connectivity index (χ4n) is 2.53. The Bertz CT molecular complexity index is 889. The van der Waals surface area contributed by atoms with E-state index in [0.29, 0.717) is 0 Å². The van der Waals surface area contributed by atoms with Gasteiger partial charge in [-0.05, 0) is 25.1 Å². The lowest BCUT2D eigenvalue weighted by Gasteiger charge is -2.01. The van der Waals surface area contributed by atoms with Gasteiger partial charge in [0.15, 0.2) is 5.58 Å². The van der Waals surface area contributed by atoms with E-state index in [1.807, 2.05) is 36.4 Å². The van der Waals surface area contributed by atoms with Crippen LogP contribution < -0.4 is 0 Å². The highest BCUT2D eigenvalue weighted by molar-refractivity contribution is 6.07. The smallest absolute Gasteiger partial charge is 0.157 e. The molecule has 2 heteroatoms. The molecule has 2 aromatic carbocycles. The van der Waals surface area contributed by atoms with E-state index >= 15 is 0 Å². The van der Waals surface area contributed by atoms with Crippen LogP contribution in [0.1, 0.15) is 5.56 Å². The topological polar surface area (TPSA) is 26.0 Å². The lowest BCUT2D eigenvalue weighted by atomic mass is 10.1. The number of furan rings is 1. The molecule has 4 rings (SSSR count). The van der Waals surface area contributed by atoms with Crippen molar-refractivity contribution < 1.29 is 4.42 Å². The summed E-state index contributed by atoms with van der Waals surface area (Å²) < 4.78 is 5.93. The predicted molar refractivity (Wildman–Crippen MR) is 73.8 cm³/mol. The van der Waals surface area contributed by atoms with Crippen LogP contribution in [-0.4, -0.2) is 4.98 Å². The normalized spacial score (nSPS) is 11.6. The summed E-state index contributed by atoms with van der Waals surface area (Å²) in [5.41, 5.74) is 4.94. The number of hydrogen-bond acceptors (Lipinski definition) is 2. The quantitative estimate of drug-likeness (QED) is 0.448. The van der Waals surface area contributed by atoms with Gasteiger partial charge in [-0.3, -0.25) is 0 Å². The fourth-order valence-corrected chi connectivity index (χ4v) is 2.53. The van der Waals surface area contributed by atoms with Crippen LogP contribution >= 0.6 is 0 Å². The first-order valence-electron chi connectivity index (χ1n) is 6.01. The van der Waals surface area contributed by atoms with E-state index in [-0.39, 0.29) is 0 Å². The fraction of sp³-hybridized carbons (Fsp3) is 0.0625. The van der Waals surface area contributed by atoms with E-state index in [1.165, 1.54) is 0 Å². The Balaban J connectivity index is 2.33. The van der Waals surface area contributed by atoms with Gasteiger partial charge < -0.3 is 4.42 Å². The minimum Gasteiger partial charge on any atom is -0.454 e. The second-order valence-electron chi connectivity index (χ2n) is 4.53. The van der Waals surface area contributed by atoms with Crippen molar-refractivity contribution in [2.75, 3.05) is 0 Å². The van der Waals surface area contributed by atoms with Gasteiger partial charge in [0, 0.05) is 16.3 Å². The minimum atomic E-state index is 0.898. The number of nitrogens with zero attached hydrogens (tertiary/aromatic N) is 1. The molecule has 2 aromatic heterocycles. The maximum absolute atomic E-state index is 5.93. The Hall–Kier alpha value is -2.35. The molecule has 0 N–H and O–H groups in total. The first-order valence-corrected chi connectivity index (χ1v) is 6.01. The molecule has 2 heterocycles. The molecule has 2 nitrogen and oxygen atoms in total. The second-order valence-corrected chi connectivity index (χ2v) is 4.53. The van der Waals surface area contributed by atoms with Gasteiger partial charge in [0.2, 0.25) is 0 Å². The number of benzene rings is 2. The molecule has 0 saturated carbocycles. The van der Waals surface area contributed by atoms with E-state index in [9.17, 15) is 0 Å². The average molecular weight is 233 g/mol. The second kappa shape index (κ2) is 3.33. The van der Waals surface area contributed by atoms with Gasteiger partial charge in [0.1, 0.15) is 11.1 Å². The molecule has 0 aliphatic rings. The lowest BCUT2D eigenvalue weighted by molar-refractivity contribution is 0.666. The SMILES string of the molecule is Cc1c2ccccc2nc2c1oc1ccccc12. The molecule has 0 atom stereocenters. The van der Waals surface area contributed by atoms with Crippen molar-refractivity contribution in [2.45, 2.75) is 6.92 Å². The maximum Gasteiger partial charge on any atom is 0.157 e. The molecule has 0 fully saturated rings. The van der Waals surface area contributed by atoms with Crippen LogP contribution in [0.2, 0.25) is 0 Å².